The van der Waals surface area contributed by atoms with E-state index >= 15 is 0 Å². The number of rotatable bonds is 6. The van der Waals surface area contributed by atoms with E-state index in [0.29, 0.717) is 24.7 Å². The van der Waals surface area contributed by atoms with Gasteiger partial charge in [-0.3, -0.25) is 19.2 Å². The van der Waals surface area contributed by atoms with Crippen LogP contribution in [0.15, 0.2) is 24.3 Å². The molecule has 0 saturated carbocycles. The zero-order chi connectivity index (χ0) is 21.1. The van der Waals surface area contributed by atoms with E-state index in [2.05, 4.69) is 28.6 Å². The third-order valence-electron chi connectivity index (χ3n) is 6.17. The quantitative estimate of drug-likeness (QED) is 0.669. The molecule has 4 rings (SSSR count). The number of primary amides is 1. The number of allylic oxidation sites excluding steroid dienone is 1. The average Bonchev–Trinajstić information content (AvgIpc) is 3.12. The summed E-state index contributed by atoms with van der Waals surface area (Å²) in [5.41, 5.74) is 7.87. The number of aliphatic carboxylic acids is 1. The minimum Gasteiger partial charge on any atom is -0.480 e. The SMILES string of the molecule is NC(=O)c1nn(C2CCN(CC(=O)O)CC2)c2ccc(/C=C/C3CCNCC3)cc12. The maximum Gasteiger partial charge on any atom is 0.317 e. The van der Waals surface area contributed by atoms with Crippen LogP contribution in [0.1, 0.15) is 47.8 Å². The summed E-state index contributed by atoms with van der Waals surface area (Å²) in [5.74, 6) is -0.753. The third kappa shape index (κ3) is 4.55. The van der Waals surface area contributed by atoms with Crippen molar-refractivity contribution in [2.24, 2.45) is 11.7 Å². The van der Waals surface area contributed by atoms with Gasteiger partial charge in [0, 0.05) is 18.5 Å². The monoisotopic (exact) mass is 411 g/mol. The molecule has 2 saturated heterocycles. The predicted molar refractivity (Wildman–Crippen MR) is 115 cm³/mol. The highest BCUT2D eigenvalue weighted by molar-refractivity contribution is 6.04. The van der Waals surface area contributed by atoms with Gasteiger partial charge in [-0.1, -0.05) is 18.2 Å². The van der Waals surface area contributed by atoms with Gasteiger partial charge in [-0.25, -0.2) is 0 Å². The zero-order valence-corrected chi connectivity index (χ0v) is 17.1. The van der Waals surface area contributed by atoms with E-state index in [-0.39, 0.29) is 12.6 Å². The fourth-order valence-corrected chi connectivity index (χ4v) is 4.52. The fraction of sp³-hybridized carbons (Fsp3) is 0.500. The Labute approximate surface area is 175 Å². The number of nitrogens with two attached hydrogens (primary N) is 1. The van der Waals surface area contributed by atoms with Crippen molar-refractivity contribution in [3.05, 3.63) is 35.5 Å². The lowest BCUT2D eigenvalue weighted by Crippen LogP contribution is -2.38. The number of nitrogens with zero attached hydrogens (tertiary/aromatic N) is 3. The molecule has 3 heterocycles. The standard InChI is InChI=1S/C22H29N5O3/c23-22(30)21-18-13-16(2-1-15-5-9-24-10-6-15)3-4-19(18)27(25-21)17-7-11-26(12-8-17)14-20(28)29/h1-4,13,15,17,24H,5-12,14H2,(H2,23,30)(H,28,29)/b2-1+. The fourth-order valence-electron chi connectivity index (χ4n) is 4.52. The van der Waals surface area contributed by atoms with E-state index in [9.17, 15) is 9.59 Å². The van der Waals surface area contributed by atoms with Crippen molar-refractivity contribution in [1.29, 1.82) is 0 Å². The van der Waals surface area contributed by atoms with Crippen LogP contribution < -0.4 is 11.1 Å². The van der Waals surface area contributed by atoms with Crippen LogP contribution in [0.2, 0.25) is 0 Å². The summed E-state index contributed by atoms with van der Waals surface area (Å²) in [6, 6.07) is 6.20. The predicted octanol–water partition coefficient (Wildman–Crippen LogP) is 1.87. The summed E-state index contributed by atoms with van der Waals surface area (Å²) in [7, 11) is 0. The minimum atomic E-state index is -0.806. The van der Waals surface area contributed by atoms with Crippen LogP contribution in [-0.4, -0.2) is 64.4 Å². The van der Waals surface area contributed by atoms with Gasteiger partial charge in [0.2, 0.25) is 0 Å². The van der Waals surface area contributed by atoms with Crippen molar-refractivity contribution in [3.8, 4) is 0 Å². The molecular weight excluding hydrogens is 382 g/mol. The summed E-state index contributed by atoms with van der Waals surface area (Å²) < 4.78 is 1.91. The molecular formula is C22H29N5O3. The lowest BCUT2D eigenvalue weighted by atomic mass is 9.96. The molecule has 2 aliphatic heterocycles. The molecule has 0 bridgehead atoms. The zero-order valence-electron chi connectivity index (χ0n) is 17.1. The molecule has 8 heteroatoms. The normalized spacial score (nSPS) is 19.6. The first-order valence-electron chi connectivity index (χ1n) is 10.7. The molecule has 2 aliphatic rings. The van der Waals surface area contributed by atoms with Gasteiger partial charge >= 0.3 is 5.97 Å². The lowest BCUT2D eigenvalue weighted by Gasteiger charge is -2.31. The average molecular weight is 412 g/mol. The molecule has 1 amide bonds. The van der Waals surface area contributed by atoms with Crippen molar-refractivity contribution in [1.82, 2.24) is 20.0 Å². The second-order valence-corrected chi connectivity index (χ2v) is 8.28. The van der Waals surface area contributed by atoms with E-state index in [0.717, 1.165) is 55.2 Å². The van der Waals surface area contributed by atoms with Crippen LogP contribution in [0.25, 0.3) is 17.0 Å². The number of hydrogen-bond donors (Lipinski definition) is 3. The number of likely N-dealkylation sites (tertiary alicyclic amines) is 1. The summed E-state index contributed by atoms with van der Waals surface area (Å²) in [6.45, 7) is 3.56. The van der Waals surface area contributed by atoms with Crippen molar-refractivity contribution in [2.75, 3.05) is 32.7 Å². The molecule has 0 aliphatic carbocycles. The molecule has 30 heavy (non-hydrogen) atoms. The molecule has 0 radical (unpaired) electrons. The summed E-state index contributed by atoms with van der Waals surface area (Å²) in [6.07, 6.45) is 8.25. The van der Waals surface area contributed by atoms with Gasteiger partial charge in [0.25, 0.3) is 5.91 Å². The Morgan fingerprint density at radius 1 is 1.20 bits per heavy atom. The highest BCUT2D eigenvalue weighted by Crippen LogP contribution is 2.29. The second-order valence-electron chi connectivity index (χ2n) is 8.28. The van der Waals surface area contributed by atoms with Crippen molar-refractivity contribution >= 4 is 28.9 Å². The third-order valence-corrected chi connectivity index (χ3v) is 6.17. The van der Waals surface area contributed by atoms with Crippen LogP contribution in [0.3, 0.4) is 0 Å². The minimum absolute atomic E-state index is 0.0614. The first-order valence-corrected chi connectivity index (χ1v) is 10.7. The largest absolute Gasteiger partial charge is 0.480 e. The Kier molecular flexibility index (Phi) is 6.15. The maximum absolute atomic E-state index is 12.0. The van der Waals surface area contributed by atoms with E-state index in [4.69, 9.17) is 10.8 Å². The molecule has 1 aromatic carbocycles. The Morgan fingerprint density at radius 3 is 2.60 bits per heavy atom. The first-order chi connectivity index (χ1) is 14.5. The molecule has 2 aromatic rings. The molecule has 0 atom stereocenters. The number of aromatic nitrogens is 2. The molecule has 2 fully saturated rings. The number of carbonyl (C=O) groups is 2. The van der Waals surface area contributed by atoms with Crippen LogP contribution in [0.4, 0.5) is 0 Å². The number of carboxylic acid groups (broad SMARTS) is 1. The van der Waals surface area contributed by atoms with Gasteiger partial charge in [-0.15, -0.1) is 0 Å². The Balaban J connectivity index is 1.57. The molecule has 1 aromatic heterocycles. The summed E-state index contributed by atoms with van der Waals surface area (Å²) in [5, 5.41) is 17.7. The second kappa shape index (κ2) is 8.97. The Morgan fingerprint density at radius 2 is 1.93 bits per heavy atom. The Hall–Kier alpha value is -2.71. The molecule has 4 N–H and O–H groups in total. The molecule has 0 unspecified atom stereocenters. The van der Waals surface area contributed by atoms with Gasteiger partial charge in [-0.2, -0.15) is 5.10 Å². The number of hydrogen-bond acceptors (Lipinski definition) is 5. The van der Waals surface area contributed by atoms with Crippen LogP contribution in [-0.2, 0) is 4.79 Å². The number of fused-ring (bicyclic) bond motifs is 1. The maximum atomic E-state index is 12.0. The van der Waals surface area contributed by atoms with E-state index in [1.165, 1.54) is 0 Å². The van der Waals surface area contributed by atoms with Crippen LogP contribution in [0.5, 0.6) is 0 Å². The molecule has 160 valence electrons. The molecule has 0 spiro atoms. The Bertz CT molecular complexity index is 953. The van der Waals surface area contributed by atoms with E-state index in [1.54, 1.807) is 0 Å². The smallest absolute Gasteiger partial charge is 0.317 e. The number of benzene rings is 1. The van der Waals surface area contributed by atoms with Gasteiger partial charge in [0.15, 0.2) is 5.69 Å². The summed E-state index contributed by atoms with van der Waals surface area (Å²) in [4.78, 5) is 24.9. The number of carbonyl (C=O) groups excluding carboxylic acids is 1. The highest BCUT2D eigenvalue weighted by atomic mass is 16.4. The first kappa shape index (κ1) is 20.6. The number of nitrogens with one attached hydrogen (secondary N) is 1. The lowest BCUT2D eigenvalue weighted by molar-refractivity contribution is -0.138. The number of amides is 1. The topological polar surface area (TPSA) is 113 Å². The van der Waals surface area contributed by atoms with Crippen molar-refractivity contribution in [3.63, 3.8) is 0 Å². The van der Waals surface area contributed by atoms with Crippen molar-refractivity contribution < 1.29 is 14.7 Å². The number of carboxylic acids is 1. The van der Waals surface area contributed by atoms with Crippen molar-refractivity contribution in [2.45, 2.75) is 31.7 Å². The summed E-state index contributed by atoms with van der Waals surface area (Å²) >= 11 is 0. The van der Waals surface area contributed by atoms with E-state index < -0.39 is 11.9 Å². The van der Waals surface area contributed by atoms with E-state index in [1.807, 2.05) is 21.7 Å². The van der Waals surface area contributed by atoms with Gasteiger partial charge in [0.1, 0.15) is 0 Å². The number of piperidine rings is 2. The van der Waals surface area contributed by atoms with Crippen LogP contribution >= 0.6 is 0 Å². The highest BCUT2D eigenvalue weighted by Gasteiger charge is 2.25. The van der Waals surface area contributed by atoms with Gasteiger partial charge in [-0.05, 0) is 62.4 Å². The van der Waals surface area contributed by atoms with Crippen LogP contribution in [0, 0.1) is 5.92 Å². The van der Waals surface area contributed by atoms with Gasteiger partial charge < -0.3 is 16.2 Å². The van der Waals surface area contributed by atoms with Gasteiger partial charge in [0.05, 0.1) is 18.1 Å². The molecule has 8 nitrogen and oxygen atoms in total.